The van der Waals surface area contributed by atoms with Gasteiger partial charge < -0.3 is 9.32 Å². The third kappa shape index (κ3) is 3.90. The van der Waals surface area contributed by atoms with Gasteiger partial charge in [0.2, 0.25) is 5.91 Å². The molecule has 0 atom stereocenters. The van der Waals surface area contributed by atoms with Gasteiger partial charge in [0, 0.05) is 6.20 Å². The average molecular weight is 354 g/mol. The standard InChI is InChI=1S/C15H13F3N4O3/c16-15(17,18)10-20(8-11-4-3-7-25-11)13(23)9-22-14(24)21-6-2-1-5-12(21)19-22/h1-7H,8-10H2. The lowest BCUT2D eigenvalue weighted by molar-refractivity contribution is -0.163. The summed E-state index contributed by atoms with van der Waals surface area (Å²) >= 11 is 0. The number of alkyl halides is 3. The zero-order valence-corrected chi connectivity index (χ0v) is 12.8. The predicted octanol–water partition coefficient (Wildman–Crippen LogP) is 1.68. The van der Waals surface area contributed by atoms with E-state index >= 15 is 0 Å². The van der Waals surface area contributed by atoms with Gasteiger partial charge in [-0.3, -0.25) is 9.20 Å². The number of halogens is 3. The van der Waals surface area contributed by atoms with Crippen molar-refractivity contribution in [2.75, 3.05) is 6.54 Å². The molecule has 25 heavy (non-hydrogen) atoms. The summed E-state index contributed by atoms with van der Waals surface area (Å²) in [6.07, 6.45) is -1.81. The second-order valence-electron chi connectivity index (χ2n) is 5.31. The van der Waals surface area contributed by atoms with Crippen molar-refractivity contribution in [2.24, 2.45) is 0 Å². The lowest BCUT2D eigenvalue weighted by atomic mass is 10.3. The van der Waals surface area contributed by atoms with E-state index in [-0.39, 0.29) is 12.3 Å². The van der Waals surface area contributed by atoms with E-state index in [2.05, 4.69) is 5.10 Å². The molecule has 10 heteroatoms. The topological polar surface area (TPSA) is 72.8 Å². The van der Waals surface area contributed by atoms with E-state index in [9.17, 15) is 22.8 Å². The number of rotatable bonds is 5. The molecule has 0 saturated heterocycles. The van der Waals surface area contributed by atoms with E-state index in [0.717, 1.165) is 4.68 Å². The van der Waals surface area contributed by atoms with Crippen molar-refractivity contribution in [3.8, 4) is 0 Å². The summed E-state index contributed by atoms with van der Waals surface area (Å²) in [7, 11) is 0. The molecule has 0 aliphatic carbocycles. The van der Waals surface area contributed by atoms with Crippen molar-refractivity contribution in [1.82, 2.24) is 19.1 Å². The Hall–Kier alpha value is -3.04. The largest absolute Gasteiger partial charge is 0.467 e. The van der Waals surface area contributed by atoms with Crippen LogP contribution in [0.2, 0.25) is 0 Å². The van der Waals surface area contributed by atoms with E-state index in [4.69, 9.17) is 4.42 Å². The number of carbonyl (C=O) groups is 1. The first-order chi connectivity index (χ1) is 11.8. The number of hydrogen-bond donors (Lipinski definition) is 0. The van der Waals surface area contributed by atoms with Crippen molar-refractivity contribution in [3.05, 3.63) is 59.0 Å². The molecule has 0 aliphatic heterocycles. The van der Waals surface area contributed by atoms with Gasteiger partial charge in [0.15, 0.2) is 5.65 Å². The Bertz CT molecular complexity index is 928. The first-order valence-corrected chi connectivity index (χ1v) is 7.24. The van der Waals surface area contributed by atoms with Crippen LogP contribution in [0.3, 0.4) is 0 Å². The molecular formula is C15H13F3N4O3. The molecule has 1 amide bonds. The zero-order chi connectivity index (χ0) is 18.0. The highest BCUT2D eigenvalue weighted by molar-refractivity contribution is 5.76. The van der Waals surface area contributed by atoms with Gasteiger partial charge in [-0.15, -0.1) is 5.10 Å². The lowest BCUT2D eigenvalue weighted by Crippen LogP contribution is -2.41. The SMILES string of the molecule is O=C(Cn1nc2ccccn2c1=O)N(Cc1ccco1)CC(F)(F)F. The van der Waals surface area contributed by atoms with Crippen molar-refractivity contribution >= 4 is 11.6 Å². The van der Waals surface area contributed by atoms with Crippen molar-refractivity contribution < 1.29 is 22.4 Å². The maximum absolute atomic E-state index is 12.8. The fourth-order valence-electron chi connectivity index (χ4n) is 2.34. The fourth-order valence-corrected chi connectivity index (χ4v) is 2.34. The molecular weight excluding hydrogens is 341 g/mol. The summed E-state index contributed by atoms with van der Waals surface area (Å²) in [5.41, 5.74) is -0.303. The average Bonchev–Trinajstić information content (AvgIpc) is 3.15. The van der Waals surface area contributed by atoms with Gasteiger partial charge in [0.25, 0.3) is 0 Å². The van der Waals surface area contributed by atoms with Crippen LogP contribution in [0, 0.1) is 0 Å². The van der Waals surface area contributed by atoms with Gasteiger partial charge in [-0.25, -0.2) is 9.48 Å². The Labute approximate surface area is 138 Å². The Morgan fingerprint density at radius 3 is 2.68 bits per heavy atom. The van der Waals surface area contributed by atoms with Crippen LogP contribution >= 0.6 is 0 Å². The number of pyridine rings is 1. The van der Waals surface area contributed by atoms with Gasteiger partial charge in [0.1, 0.15) is 18.8 Å². The molecule has 0 spiro atoms. The van der Waals surface area contributed by atoms with E-state index in [1.807, 2.05) is 0 Å². The third-order valence-electron chi connectivity index (χ3n) is 3.42. The molecule has 0 N–H and O–H groups in total. The van der Waals surface area contributed by atoms with E-state index in [1.165, 1.54) is 29.0 Å². The highest BCUT2D eigenvalue weighted by Crippen LogP contribution is 2.18. The van der Waals surface area contributed by atoms with Crippen molar-refractivity contribution in [2.45, 2.75) is 19.3 Å². The molecule has 0 saturated carbocycles. The molecule has 0 radical (unpaired) electrons. The number of fused-ring (bicyclic) bond motifs is 1. The summed E-state index contributed by atoms with van der Waals surface area (Å²) in [6, 6.07) is 7.79. The minimum Gasteiger partial charge on any atom is -0.467 e. The Balaban J connectivity index is 1.83. The summed E-state index contributed by atoms with van der Waals surface area (Å²) in [5.74, 6) is -0.681. The molecule has 0 aromatic carbocycles. The van der Waals surface area contributed by atoms with Crippen LogP contribution in [0.15, 0.2) is 52.0 Å². The number of hydrogen-bond acceptors (Lipinski definition) is 4. The first-order valence-electron chi connectivity index (χ1n) is 7.24. The Kier molecular flexibility index (Phi) is 4.34. The van der Waals surface area contributed by atoms with Crippen molar-refractivity contribution in [1.29, 1.82) is 0 Å². The van der Waals surface area contributed by atoms with Crippen LogP contribution in [-0.2, 0) is 17.9 Å². The molecule has 0 bridgehead atoms. The highest BCUT2D eigenvalue weighted by Gasteiger charge is 2.33. The van der Waals surface area contributed by atoms with E-state index in [1.54, 1.807) is 18.2 Å². The number of amides is 1. The number of nitrogens with zero attached hydrogens (tertiary/aromatic N) is 4. The summed E-state index contributed by atoms with van der Waals surface area (Å²) in [5, 5.41) is 3.94. The molecule has 3 aromatic rings. The van der Waals surface area contributed by atoms with Gasteiger partial charge in [-0.05, 0) is 24.3 Å². The number of furan rings is 1. The van der Waals surface area contributed by atoms with Crippen LogP contribution in [0.4, 0.5) is 13.2 Å². The van der Waals surface area contributed by atoms with Crippen LogP contribution in [-0.4, -0.2) is 37.7 Å². The van der Waals surface area contributed by atoms with Crippen molar-refractivity contribution in [3.63, 3.8) is 0 Å². The summed E-state index contributed by atoms with van der Waals surface area (Å²) < 4.78 is 45.3. The number of aromatic nitrogens is 3. The second-order valence-corrected chi connectivity index (χ2v) is 5.31. The molecule has 132 valence electrons. The Morgan fingerprint density at radius 2 is 2.04 bits per heavy atom. The minimum absolute atomic E-state index is 0.208. The maximum Gasteiger partial charge on any atom is 0.406 e. The minimum atomic E-state index is -4.58. The monoisotopic (exact) mass is 354 g/mol. The Morgan fingerprint density at radius 1 is 1.24 bits per heavy atom. The van der Waals surface area contributed by atoms with E-state index < -0.39 is 30.9 Å². The smallest absolute Gasteiger partial charge is 0.406 e. The van der Waals surface area contributed by atoms with Crippen LogP contribution in [0.1, 0.15) is 5.76 Å². The highest BCUT2D eigenvalue weighted by atomic mass is 19.4. The molecule has 0 aliphatic rings. The molecule has 3 heterocycles. The number of carbonyl (C=O) groups excluding carboxylic acids is 1. The molecule has 0 unspecified atom stereocenters. The van der Waals surface area contributed by atoms with Crippen LogP contribution in [0.25, 0.3) is 5.65 Å². The predicted molar refractivity (Wildman–Crippen MR) is 79.6 cm³/mol. The normalized spacial score (nSPS) is 11.8. The van der Waals surface area contributed by atoms with Gasteiger partial charge in [-0.1, -0.05) is 6.07 Å². The quantitative estimate of drug-likeness (QED) is 0.699. The van der Waals surface area contributed by atoms with Crippen LogP contribution < -0.4 is 5.69 Å². The molecule has 3 rings (SSSR count). The lowest BCUT2D eigenvalue weighted by Gasteiger charge is -2.22. The molecule has 0 fully saturated rings. The van der Waals surface area contributed by atoms with Crippen LogP contribution in [0.5, 0.6) is 0 Å². The van der Waals surface area contributed by atoms with Gasteiger partial charge >= 0.3 is 11.9 Å². The molecule has 7 nitrogen and oxygen atoms in total. The maximum atomic E-state index is 12.8. The fraction of sp³-hybridized carbons (Fsp3) is 0.267. The zero-order valence-electron chi connectivity index (χ0n) is 12.8. The summed E-state index contributed by atoms with van der Waals surface area (Å²) in [4.78, 5) is 25.0. The molecule has 3 aromatic heterocycles. The third-order valence-corrected chi connectivity index (χ3v) is 3.42. The van der Waals surface area contributed by atoms with Gasteiger partial charge in [0.05, 0.1) is 12.8 Å². The first kappa shape index (κ1) is 16.8. The van der Waals surface area contributed by atoms with Gasteiger partial charge in [-0.2, -0.15) is 13.2 Å². The summed E-state index contributed by atoms with van der Waals surface area (Å²) in [6.45, 7) is -2.40. The second kappa shape index (κ2) is 6.46. The van der Waals surface area contributed by atoms with E-state index in [0.29, 0.717) is 10.5 Å².